The molecule has 2 aromatic carbocycles. The summed E-state index contributed by atoms with van der Waals surface area (Å²) < 4.78 is 17.4. The average Bonchev–Trinajstić information content (AvgIpc) is 3.11. The van der Waals surface area contributed by atoms with Gasteiger partial charge in [0.1, 0.15) is 11.5 Å². The van der Waals surface area contributed by atoms with Crippen LogP contribution < -0.4 is 4.74 Å². The van der Waals surface area contributed by atoms with E-state index in [1.165, 1.54) is 0 Å². The van der Waals surface area contributed by atoms with Crippen molar-refractivity contribution in [2.45, 2.75) is 18.6 Å². The second-order valence-electron chi connectivity index (χ2n) is 6.31. The predicted octanol–water partition coefficient (Wildman–Crippen LogP) is 3.46. The highest BCUT2D eigenvalue weighted by Gasteiger charge is 2.41. The zero-order chi connectivity index (χ0) is 17.1. The summed E-state index contributed by atoms with van der Waals surface area (Å²) in [4.78, 5) is 14.8. The van der Waals surface area contributed by atoms with Crippen LogP contribution in [0.4, 0.5) is 0 Å². The summed E-state index contributed by atoms with van der Waals surface area (Å²) in [5.41, 5.74) is 0.579. The largest absolute Gasteiger partial charge is 0.457 e. The molecule has 25 heavy (non-hydrogen) atoms. The molecule has 2 saturated heterocycles. The molecule has 2 aromatic rings. The summed E-state index contributed by atoms with van der Waals surface area (Å²) in [5.74, 6) is 0.802. The van der Waals surface area contributed by atoms with E-state index in [2.05, 4.69) is 0 Å². The molecule has 4 rings (SSSR count). The fourth-order valence-electron chi connectivity index (χ4n) is 3.35. The zero-order valence-electron chi connectivity index (χ0n) is 14.0. The molecule has 0 atom stereocenters. The molecule has 2 aliphatic heterocycles. The lowest BCUT2D eigenvalue weighted by atomic mass is 10.0. The van der Waals surface area contributed by atoms with Crippen LogP contribution >= 0.6 is 0 Å². The van der Waals surface area contributed by atoms with Gasteiger partial charge in [-0.3, -0.25) is 4.79 Å². The monoisotopic (exact) mass is 339 g/mol. The summed E-state index contributed by atoms with van der Waals surface area (Å²) >= 11 is 0. The molecule has 5 nitrogen and oxygen atoms in total. The normalized spacial score (nSPS) is 19.1. The van der Waals surface area contributed by atoms with E-state index in [-0.39, 0.29) is 5.91 Å². The van der Waals surface area contributed by atoms with E-state index < -0.39 is 5.79 Å². The number of amides is 1. The van der Waals surface area contributed by atoms with Gasteiger partial charge in [0.15, 0.2) is 5.79 Å². The maximum absolute atomic E-state index is 13.0. The first-order valence-electron chi connectivity index (χ1n) is 8.65. The van der Waals surface area contributed by atoms with Crippen LogP contribution in [0.1, 0.15) is 23.2 Å². The number of nitrogens with zero attached hydrogens (tertiary/aromatic N) is 1. The first-order chi connectivity index (χ1) is 12.3. The Morgan fingerprint density at radius 3 is 2.28 bits per heavy atom. The molecular weight excluding hydrogens is 318 g/mol. The van der Waals surface area contributed by atoms with Gasteiger partial charge in [-0.25, -0.2) is 0 Å². The van der Waals surface area contributed by atoms with Gasteiger partial charge < -0.3 is 19.1 Å². The number of rotatable bonds is 3. The zero-order valence-corrected chi connectivity index (χ0v) is 14.0. The molecule has 0 bridgehead atoms. The number of ether oxygens (including phenoxy) is 3. The van der Waals surface area contributed by atoms with Crippen LogP contribution in [0.15, 0.2) is 54.6 Å². The lowest BCUT2D eigenvalue weighted by molar-refractivity contribution is -0.181. The molecule has 5 heteroatoms. The lowest BCUT2D eigenvalue weighted by Gasteiger charge is -2.37. The number of piperidine rings is 1. The van der Waals surface area contributed by atoms with E-state index in [9.17, 15) is 4.79 Å². The molecule has 2 heterocycles. The van der Waals surface area contributed by atoms with E-state index >= 15 is 0 Å². The van der Waals surface area contributed by atoms with Gasteiger partial charge in [-0.1, -0.05) is 30.3 Å². The molecule has 0 saturated carbocycles. The van der Waals surface area contributed by atoms with Gasteiger partial charge in [-0.15, -0.1) is 0 Å². The third kappa shape index (κ3) is 3.38. The van der Waals surface area contributed by atoms with Crippen molar-refractivity contribution >= 4 is 5.91 Å². The van der Waals surface area contributed by atoms with E-state index in [1.54, 1.807) is 0 Å². The molecule has 0 unspecified atom stereocenters. The number of hydrogen-bond acceptors (Lipinski definition) is 4. The molecule has 0 aliphatic carbocycles. The standard InChI is InChI=1S/C20H21NO4/c22-19(21-12-10-20(11-13-21)23-14-15-24-20)17-8-4-5-9-18(17)25-16-6-2-1-3-7-16/h1-9H,10-15H2. The van der Waals surface area contributed by atoms with Gasteiger partial charge >= 0.3 is 0 Å². The highest BCUT2D eigenvalue weighted by molar-refractivity contribution is 5.97. The minimum Gasteiger partial charge on any atom is -0.457 e. The second-order valence-corrected chi connectivity index (χ2v) is 6.31. The molecule has 1 spiro atoms. The van der Waals surface area contributed by atoms with Crippen molar-refractivity contribution < 1.29 is 19.0 Å². The van der Waals surface area contributed by atoms with Crippen LogP contribution in [0, 0.1) is 0 Å². The third-order valence-corrected chi connectivity index (χ3v) is 4.71. The molecule has 1 amide bonds. The van der Waals surface area contributed by atoms with Crippen molar-refractivity contribution in [3.8, 4) is 11.5 Å². The Kier molecular flexibility index (Phi) is 4.42. The van der Waals surface area contributed by atoms with Gasteiger partial charge in [-0.05, 0) is 24.3 Å². The quantitative estimate of drug-likeness (QED) is 0.859. The summed E-state index contributed by atoms with van der Waals surface area (Å²) in [6.45, 7) is 2.53. The molecule has 2 aliphatic rings. The van der Waals surface area contributed by atoms with Crippen LogP contribution in [0.5, 0.6) is 11.5 Å². The SMILES string of the molecule is O=C(c1ccccc1Oc1ccccc1)N1CCC2(CC1)OCCO2. The Hall–Kier alpha value is -2.37. The van der Waals surface area contributed by atoms with Gasteiger partial charge in [0.2, 0.25) is 0 Å². The Morgan fingerprint density at radius 1 is 0.920 bits per heavy atom. The molecule has 0 aromatic heterocycles. The van der Waals surface area contributed by atoms with Crippen molar-refractivity contribution in [1.82, 2.24) is 4.90 Å². The molecular formula is C20H21NO4. The predicted molar refractivity (Wildman–Crippen MR) is 92.7 cm³/mol. The average molecular weight is 339 g/mol. The van der Waals surface area contributed by atoms with Crippen molar-refractivity contribution in [3.63, 3.8) is 0 Å². The summed E-state index contributed by atoms with van der Waals surface area (Å²) in [7, 11) is 0. The number of hydrogen-bond donors (Lipinski definition) is 0. The summed E-state index contributed by atoms with van der Waals surface area (Å²) in [5, 5.41) is 0. The van der Waals surface area contributed by atoms with Crippen LogP contribution in [0.2, 0.25) is 0 Å². The first-order valence-corrected chi connectivity index (χ1v) is 8.65. The highest BCUT2D eigenvalue weighted by Crippen LogP contribution is 2.33. The van der Waals surface area contributed by atoms with E-state index in [4.69, 9.17) is 14.2 Å². The van der Waals surface area contributed by atoms with Crippen LogP contribution in [-0.4, -0.2) is 42.9 Å². The minimum atomic E-state index is -0.475. The Balaban J connectivity index is 1.49. The summed E-state index contributed by atoms with van der Waals surface area (Å²) in [6, 6.07) is 16.9. The van der Waals surface area contributed by atoms with Crippen LogP contribution in [-0.2, 0) is 9.47 Å². The van der Waals surface area contributed by atoms with Gasteiger partial charge in [0, 0.05) is 25.9 Å². The lowest BCUT2D eigenvalue weighted by Crippen LogP contribution is -2.47. The Bertz CT molecular complexity index is 730. The second kappa shape index (κ2) is 6.86. The molecule has 0 radical (unpaired) electrons. The van der Waals surface area contributed by atoms with Crippen LogP contribution in [0.3, 0.4) is 0 Å². The maximum atomic E-state index is 13.0. The van der Waals surface area contributed by atoms with Crippen molar-refractivity contribution in [2.24, 2.45) is 0 Å². The topological polar surface area (TPSA) is 48.0 Å². The smallest absolute Gasteiger partial charge is 0.257 e. The van der Waals surface area contributed by atoms with Gasteiger partial charge in [0.25, 0.3) is 5.91 Å². The molecule has 2 fully saturated rings. The number of para-hydroxylation sites is 2. The van der Waals surface area contributed by atoms with Crippen molar-refractivity contribution in [3.05, 3.63) is 60.2 Å². The fraction of sp³-hybridized carbons (Fsp3) is 0.350. The van der Waals surface area contributed by atoms with E-state index in [1.807, 2.05) is 59.5 Å². The fourth-order valence-corrected chi connectivity index (χ4v) is 3.35. The maximum Gasteiger partial charge on any atom is 0.257 e. The van der Waals surface area contributed by atoms with Gasteiger partial charge in [0.05, 0.1) is 18.8 Å². The number of carbonyl (C=O) groups excluding carboxylic acids is 1. The number of carbonyl (C=O) groups is 1. The van der Waals surface area contributed by atoms with E-state index in [0.717, 1.165) is 0 Å². The highest BCUT2D eigenvalue weighted by atomic mass is 16.7. The Morgan fingerprint density at radius 2 is 1.56 bits per heavy atom. The third-order valence-electron chi connectivity index (χ3n) is 4.71. The van der Waals surface area contributed by atoms with Crippen molar-refractivity contribution in [2.75, 3.05) is 26.3 Å². The molecule has 0 N–H and O–H groups in total. The Labute approximate surface area is 147 Å². The van der Waals surface area contributed by atoms with E-state index in [0.29, 0.717) is 56.2 Å². The van der Waals surface area contributed by atoms with Crippen LogP contribution in [0.25, 0.3) is 0 Å². The minimum absolute atomic E-state index is 0.0145. The number of benzene rings is 2. The molecule has 130 valence electrons. The van der Waals surface area contributed by atoms with Crippen molar-refractivity contribution in [1.29, 1.82) is 0 Å². The number of likely N-dealkylation sites (tertiary alicyclic amines) is 1. The van der Waals surface area contributed by atoms with Gasteiger partial charge in [-0.2, -0.15) is 0 Å². The first kappa shape index (κ1) is 16.1. The summed E-state index contributed by atoms with van der Waals surface area (Å²) in [6.07, 6.45) is 1.42.